The molecule has 4 rings (SSSR count). The Labute approximate surface area is 213 Å². The smallest absolute Gasteiger partial charge is 0.336 e. The zero-order chi connectivity index (χ0) is 26.0. The van der Waals surface area contributed by atoms with E-state index >= 15 is 0 Å². The molecule has 0 fully saturated rings. The molecular weight excluding hydrogens is 486 g/mol. The van der Waals surface area contributed by atoms with Crippen LogP contribution in [0.15, 0.2) is 58.7 Å². The lowest BCUT2D eigenvalue weighted by molar-refractivity contribution is -0.385. The Kier molecular flexibility index (Phi) is 7.51. The predicted molar refractivity (Wildman–Crippen MR) is 134 cm³/mol. The highest BCUT2D eigenvalue weighted by Gasteiger charge is 2.44. The maximum atomic E-state index is 13.4. The molecule has 2 aromatic carbocycles. The number of nitrogens with zero attached hydrogens (tertiary/aromatic N) is 3. The number of nitro benzene ring substituents is 1. The SMILES string of the molecule is COC(=O)C1C(C)=NC(C)=C(C(=O)OCCN2Cc3ccccc3C2)C1c1cc(Cl)ccc1[N+](=O)[O-]. The second-order valence-electron chi connectivity index (χ2n) is 8.81. The number of carbonyl (C=O) groups is 2. The number of methoxy groups -OCH3 is 1. The maximum absolute atomic E-state index is 13.4. The molecule has 0 amide bonds. The number of fused-ring (bicyclic) bond motifs is 1. The van der Waals surface area contributed by atoms with Gasteiger partial charge in [-0.05, 0) is 37.1 Å². The molecule has 0 saturated heterocycles. The predicted octanol–water partition coefficient (Wildman–Crippen LogP) is 4.43. The van der Waals surface area contributed by atoms with Gasteiger partial charge in [-0.3, -0.25) is 24.8 Å². The summed E-state index contributed by atoms with van der Waals surface area (Å²) in [6.45, 7) is 5.40. The van der Waals surface area contributed by atoms with Gasteiger partial charge in [0.25, 0.3) is 5.69 Å². The van der Waals surface area contributed by atoms with E-state index in [1.165, 1.54) is 36.4 Å². The van der Waals surface area contributed by atoms with Gasteiger partial charge >= 0.3 is 11.9 Å². The molecule has 0 bridgehead atoms. The summed E-state index contributed by atoms with van der Waals surface area (Å²) in [6, 6.07) is 12.2. The van der Waals surface area contributed by atoms with Crippen molar-refractivity contribution >= 4 is 34.9 Å². The van der Waals surface area contributed by atoms with Gasteiger partial charge in [0.15, 0.2) is 0 Å². The third-order valence-electron chi connectivity index (χ3n) is 6.57. The van der Waals surface area contributed by atoms with Crippen molar-refractivity contribution in [3.8, 4) is 0 Å². The van der Waals surface area contributed by atoms with Crippen molar-refractivity contribution in [2.45, 2.75) is 32.9 Å². The van der Waals surface area contributed by atoms with E-state index < -0.39 is 28.7 Å². The molecule has 36 heavy (non-hydrogen) atoms. The van der Waals surface area contributed by atoms with Gasteiger partial charge in [0.05, 0.1) is 17.6 Å². The number of rotatable bonds is 7. The normalized spacial score (nSPS) is 19.5. The highest BCUT2D eigenvalue weighted by atomic mass is 35.5. The molecule has 2 unspecified atom stereocenters. The Bertz CT molecular complexity index is 1260. The first-order chi connectivity index (χ1) is 17.2. The van der Waals surface area contributed by atoms with Crippen LogP contribution in [0.1, 0.15) is 36.5 Å². The van der Waals surface area contributed by atoms with E-state index in [9.17, 15) is 19.7 Å². The van der Waals surface area contributed by atoms with E-state index in [0.29, 0.717) is 18.0 Å². The van der Waals surface area contributed by atoms with Gasteiger partial charge in [-0.2, -0.15) is 0 Å². The molecule has 0 aromatic heterocycles. The van der Waals surface area contributed by atoms with Crippen LogP contribution in [0.4, 0.5) is 5.69 Å². The summed E-state index contributed by atoms with van der Waals surface area (Å²) >= 11 is 6.19. The maximum Gasteiger partial charge on any atom is 0.336 e. The van der Waals surface area contributed by atoms with Crippen molar-refractivity contribution in [3.05, 3.63) is 85.6 Å². The van der Waals surface area contributed by atoms with Gasteiger partial charge in [-0.25, -0.2) is 4.79 Å². The lowest BCUT2D eigenvalue weighted by Crippen LogP contribution is -2.36. The zero-order valence-corrected chi connectivity index (χ0v) is 20.9. The second kappa shape index (κ2) is 10.6. The topological polar surface area (TPSA) is 111 Å². The molecule has 0 aliphatic carbocycles. The summed E-state index contributed by atoms with van der Waals surface area (Å²) in [6.07, 6.45) is 0. The van der Waals surface area contributed by atoms with Crippen molar-refractivity contribution in [2.75, 3.05) is 20.3 Å². The van der Waals surface area contributed by atoms with Crippen molar-refractivity contribution < 1.29 is 24.0 Å². The number of ether oxygens (including phenoxy) is 2. The minimum absolute atomic E-state index is 0.0751. The van der Waals surface area contributed by atoms with E-state index in [1.54, 1.807) is 13.8 Å². The number of hydrogen-bond donors (Lipinski definition) is 0. The highest BCUT2D eigenvalue weighted by Crippen LogP contribution is 2.44. The molecule has 0 radical (unpaired) electrons. The first kappa shape index (κ1) is 25.5. The number of hydrogen-bond acceptors (Lipinski definition) is 8. The minimum atomic E-state index is -1.05. The van der Waals surface area contributed by atoms with Crippen LogP contribution in [-0.2, 0) is 32.2 Å². The number of benzene rings is 2. The number of esters is 2. The van der Waals surface area contributed by atoms with Crippen molar-refractivity contribution in [3.63, 3.8) is 0 Å². The van der Waals surface area contributed by atoms with Crippen LogP contribution in [0.5, 0.6) is 0 Å². The molecule has 2 aliphatic heterocycles. The second-order valence-corrected chi connectivity index (χ2v) is 9.24. The fourth-order valence-electron chi connectivity index (χ4n) is 4.92. The Morgan fingerprint density at radius 1 is 1.17 bits per heavy atom. The average molecular weight is 512 g/mol. The molecule has 2 aliphatic rings. The Hall–Kier alpha value is -3.56. The van der Waals surface area contributed by atoms with E-state index in [-0.39, 0.29) is 28.5 Å². The van der Waals surface area contributed by atoms with Crippen LogP contribution in [0.25, 0.3) is 0 Å². The number of halogens is 1. The van der Waals surface area contributed by atoms with Gasteiger partial charge in [-0.1, -0.05) is 35.9 Å². The number of aliphatic imine (C=N–C) groups is 1. The van der Waals surface area contributed by atoms with Crippen LogP contribution in [0.2, 0.25) is 5.02 Å². The van der Waals surface area contributed by atoms with Crippen molar-refractivity contribution in [2.24, 2.45) is 10.9 Å². The Morgan fingerprint density at radius 2 is 1.83 bits per heavy atom. The largest absolute Gasteiger partial charge is 0.468 e. The lowest BCUT2D eigenvalue weighted by atomic mass is 9.75. The van der Waals surface area contributed by atoms with Crippen LogP contribution >= 0.6 is 11.6 Å². The van der Waals surface area contributed by atoms with Crippen LogP contribution in [-0.4, -0.2) is 47.7 Å². The average Bonchev–Trinajstić information content (AvgIpc) is 3.25. The van der Waals surface area contributed by atoms with Crippen LogP contribution < -0.4 is 0 Å². The summed E-state index contributed by atoms with van der Waals surface area (Å²) in [5, 5.41) is 12.1. The molecule has 0 spiro atoms. The van der Waals surface area contributed by atoms with E-state index in [1.807, 2.05) is 12.1 Å². The standard InChI is InChI=1S/C26H26ClN3O6/c1-15-22(25(31)35-3)24(20-12-19(27)8-9-21(20)30(33)34)23(16(2)28-15)26(32)36-11-10-29-13-17-6-4-5-7-18(17)14-29/h4-9,12,22,24H,10-11,13-14H2,1-3H3. The van der Waals surface area contributed by atoms with E-state index in [2.05, 4.69) is 22.0 Å². The third-order valence-corrected chi connectivity index (χ3v) is 6.81. The molecule has 188 valence electrons. The Morgan fingerprint density at radius 3 is 2.44 bits per heavy atom. The summed E-state index contributed by atoms with van der Waals surface area (Å²) in [4.78, 5) is 44.1. The van der Waals surface area contributed by atoms with Gasteiger partial charge in [-0.15, -0.1) is 0 Å². The molecule has 2 aromatic rings. The van der Waals surface area contributed by atoms with Gasteiger partial charge in [0.1, 0.15) is 12.5 Å². The quantitative estimate of drug-likeness (QED) is 0.307. The number of carbonyl (C=O) groups excluding carboxylic acids is 2. The van der Waals surface area contributed by atoms with E-state index in [0.717, 1.165) is 13.1 Å². The van der Waals surface area contributed by atoms with Crippen molar-refractivity contribution in [1.29, 1.82) is 0 Å². The fraction of sp³-hybridized carbons (Fsp3) is 0.346. The lowest BCUT2D eigenvalue weighted by Gasteiger charge is -2.31. The first-order valence-electron chi connectivity index (χ1n) is 11.4. The van der Waals surface area contributed by atoms with Crippen LogP contribution in [0, 0.1) is 16.0 Å². The number of nitro groups is 1. The molecule has 2 atom stereocenters. The molecule has 0 N–H and O–H groups in total. The first-order valence-corrected chi connectivity index (χ1v) is 11.8. The summed E-state index contributed by atoms with van der Waals surface area (Å²) in [5.74, 6) is -3.44. The monoisotopic (exact) mass is 511 g/mol. The van der Waals surface area contributed by atoms with Crippen LogP contribution in [0.3, 0.4) is 0 Å². The molecule has 9 nitrogen and oxygen atoms in total. The summed E-state index contributed by atoms with van der Waals surface area (Å²) in [5.41, 5.74) is 3.13. The molecular formula is C26H26ClN3O6. The van der Waals surface area contributed by atoms with E-state index in [4.69, 9.17) is 21.1 Å². The fourth-order valence-corrected chi connectivity index (χ4v) is 5.10. The summed E-state index contributed by atoms with van der Waals surface area (Å²) < 4.78 is 10.6. The minimum Gasteiger partial charge on any atom is -0.468 e. The van der Waals surface area contributed by atoms with Gasteiger partial charge < -0.3 is 9.47 Å². The highest BCUT2D eigenvalue weighted by molar-refractivity contribution is 6.30. The zero-order valence-electron chi connectivity index (χ0n) is 20.2. The summed E-state index contributed by atoms with van der Waals surface area (Å²) in [7, 11) is 1.22. The molecule has 2 heterocycles. The third kappa shape index (κ3) is 5.03. The Balaban J connectivity index is 1.62. The van der Waals surface area contributed by atoms with Gasteiger partial charge in [0.2, 0.25) is 0 Å². The van der Waals surface area contributed by atoms with Crippen molar-refractivity contribution in [1.82, 2.24) is 4.90 Å². The molecule has 10 heteroatoms. The molecule has 0 saturated carbocycles. The van der Waals surface area contributed by atoms with Gasteiger partial charge in [0, 0.05) is 53.6 Å². The number of allylic oxidation sites excluding steroid dienone is 1.